The molecule has 2 aromatic heterocycles. The van der Waals surface area contributed by atoms with Gasteiger partial charge in [0.25, 0.3) is 5.91 Å². The van der Waals surface area contributed by atoms with Gasteiger partial charge in [-0.3, -0.25) is 9.59 Å². The van der Waals surface area contributed by atoms with E-state index in [4.69, 9.17) is 9.47 Å². The van der Waals surface area contributed by atoms with Crippen LogP contribution in [0.3, 0.4) is 0 Å². The number of anilines is 1. The lowest BCUT2D eigenvalue weighted by molar-refractivity contribution is -0.115. The van der Waals surface area contributed by atoms with E-state index in [2.05, 4.69) is 10.3 Å². The largest absolute Gasteiger partial charge is 0.462 e. The predicted octanol–water partition coefficient (Wildman–Crippen LogP) is 4.40. The summed E-state index contributed by atoms with van der Waals surface area (Å²) in [5, 5.41) is 3.37. The second-order valence-corrected chi connectivity index (χ2v) is 11.4. The minimum Gasteiger partial charge on any atom is -0.462 e. The molecule has 0 atom stereocenters. The van der Waals surface area contributed by atoms with Crippen molar-refractivity contribution in [1.29, 1.82) is 0 Å². The number of carbonyl (C=O) groups excluding carboxylic acids is 3. The van der Waals surface area contributed by atoms with Crippen LogP contribution in [0.2, 0.25) is 0 Å². The Hall–Kier alpha value is -2.54. The summed E-state index contributed by atoms with van der Waals surface area (Å²) in [7, 11) is 1.58. The number of esters is 1. The molecule has 0 fully saturated rings. The quantitative estimate of drug-likeness (QED) is 0.366. The smallest absolute Gasteiger partial charge is 0.341 e. The van der Waals surface area contributed by atoms with Crippen LogP contribution in [0.25, 0.3) is 10.2 Å². The Balaban J connectivity index is 1.41. The van der Waals surface area contributed by atoms with E-state index in [1.165, 1.54) is 34.8 Å². The molecular formula is C25H28FN3O5S3. The number of nitrogens with one attached hydrogen (secondary N) is 1. The first-order valence-electron chi connectivity index (χ1n) is 12.0. The highest BCUT2D eigenvalue weighted by Gasteiger charge is 2.27. The molecule has 0 radical (unpaired) electrons. The highest BCUT2D eigenvalue weighted by molar-refractivity contribution is 8.00. The maximum absolute atomic E-state index is 13.7. The molecule has 1 aliphatic rings. The van der Waals surface area contributed by atoms with Crippen molar-refractivity contribution in [1.82, 2.24) is 4.57 Å². The molecule has 2 heterocycles. The van der Waals surface area contributed by atoms with Crippen molar-refractivity contribution < 1.29 is 28.2 Å². The van der Waals surface area contributed by atoms with Crippen molar-refractivity contribution in [2.24, 2.45) is 4.99 Å². The van der Waals surface area contributed by atoms with E-state index in [-0.39, 0.29) is 29.8 Å². The van der Waals surface area contributed by atoms with Gasteiger partial charge in [-0.2, -0.15) is 4.99 Å². The molecule has 4 rings (SSSR count). The van der Waals surface area contributed by atoms with Gasteiger partial charge in [0.15, 0.2) is 4.80 Å². The summed E-state index contributed by atoms with van der Waals surface area (Å²) in [6, 6.07) is 4.45. The topological polar surface area (TPSA) is 99.0 Å². The zero-order valence-electron chi connectivity index (χ0n) is 20.6. The number of thioether (sulfide) groups is 1. The zero-order valence-corrected chi connectivity index (χ0v) is 23.1. The lowest BCUT2D eigenvalue weighted by Crippen LogP contribution is -2.20. The number of hydrogen-bond acceptors (Lipinski definition) is 8. The fourth-order valence-electron chi connectivity index (χ4n) is 4.14. The molecular weight excluding hydrogens is 537 g/mol. The third-order valence-electron chi connectivity index (χ3n) is 5.75. The molecule has 0 aliphatic heterocycles. The van der Waals surface area contributed by atoms with Crippen molar-refractivity contribution in [3.8, 4) is 0 Å². The molecule has 3 aromatic rings. The number of aryl methyl sites for hydroxylation is 1. The number of carbonyl (C=O) groups is 3. The van der Waals surface area contributed by atoms with Crippen molar-refractivity contribution >= 4 is 67.4 Å². The van der Waals surface area contributed by atoms with Gasteiger partial charge in [-0.1, -0.05) is 11.3 Å². The lowest BCUT2D eigenvalue weighted by Gasteiger charge is -2.12. The van der Waals surface area contributed by atoms with Crippen LogP contribution >= 0.6 is 34.4 Å². The van der Waals surface area contributed by atoms with E-state index >= 15 is 0 Å². The summed E-state index contributed by atoms with van der Waals surface area (Å²) in [4.78, 5) is 43.6. The number of benzene rings is 1. The van der Waals surface area contributed by atoms with Crippen molar-refractivity contribution in [3.63, 3.8) is 0 Å². The van der Waals surface area contributed by atoms with Crippen LogP contribution in [0.5, 0.6) is 0 Å². The van der Waals surface area contributed by atoms with Gasteiger partial charge in [0.05, 0.1) is 40.5 Å². The number of fused-ring (bicyclic) bond motifs is 2. The first kappa shape index (κ1) is 27.5. The van der Waals surface area contributed by atoms with Gasteiger partial charge < -0.3 is 19.4 Å². The first-order chi connectivity index (χ1) is 17.9. The lowest BCUT2D eigenvalue weighted by atomic mass is 9.95. The summed E-state index contributed by atoms with van der Waals surface area (Å²) in [5.41, 5.74) is 2.22. The fourth-order valence-corrected chi connectivity index (χ4v) is 7.13. The second-order valence-electron chi connectivity index (χ2n) is 8.32. The molecule has 8 nitrogen and oxygen atoms in total. The SMILES string of the molecule is CCOC(=O)c1c(NC(=O)CSCC(=O)N=c2sc3cc(F)ccc3n2CCOC)sc2c1CCCC2. The van der Waals surface area contributed by atoms with Crippen LogP contribution < -0.4 is 10.1 Å². The summed E-state index contributed by atoms with van der Waals surface area (Å²) < 4.78 is 26.6. The van der Waals surface area contributed by atoms with Gasteiger partial charge in [0, 0.05) is 18.5 Å². The van der Waals surface area contributed by atoms with E-state index in [9.17, 15) is 18.8 Å². The number of halogens is 1. The van der Waals surface area contributed by atoms with Crippen molar-refractivity contribution in [3.05, 3.63) is 44.8 Å². The Kier molecular flexibility index (Phi) is 9.52. The summed E-state index contributed by atoms with van der Waals surface area (Å²) in [5.74, 6) is -1.42. The van der Waals surface area contributed by atoms with Crippen LogP contribution in [0.1, 0.15) is 40.6 Å². The van der Waals surface area contributed by atoms with E-state index in [1.54, 1.807) is 20.1 Å². The Labute approximate surface area is 225 Å². The second kappa shape index (κ2) is 12.8. The first-order valence-corrected chi connectivity index (χ1v) is 14.7. The van der Waals surface area contributed by atoms with E-state index < -0.39 is 11.9 Å². The Morgan fingerprint density at radius 1 is 1.19 bits per heavy atom. The third kappa shape index (κ3) is 6.67. The molecule has 0 saturated carbocycles. The van der Waals surface area contributed by atoms with Crippen LogP contribution in [0.4, 0.5) is 9.39 Å². The molecule has 2 amide bonds. The minimum absolute atomic E-state index is 0.00593. The normalized spacial score (nSPS) is 13.5. The number of ether oxygens (including phenoxy) is 2. The minimum atomic E-state index is -0.413. The average Bonchev–Trinajstić information content (AvgIpc) is 3.39. The predicted molar refractivity (Wildman–Crippen MR) is 145 cm³/mol. The number of thiophene rings is 1. The van der Waals surface area contributed by atoms with Crippen LogP contribution in [-0.2, 0) is 38.4 Å². The molecule has 37 heavy (non-hydrogen) atoms. The highest BCUT2D eigenvalue weighted by Crippen LogP contribution is 2.38. The maximum atomic E-state index is 13.7. The maximum Gasteiger partial charge on any atom is 0.341 e. The summed E-state index contributed by atoms with van der Waals surface area (Å²) >= 11 is 3.80. The van der Waals surface area contributed by atoms with Gasteiger partial charge in [0.1, 0.15) is 10.8 Å². The summed E-state index contributed by atoms with van der Waals surface area (Å²) in [6.45, 7) is 2.90. The van der Waals surface area contributed by atoms with Gasteiger partial charge in [-0.15, -0.1) is 23.1 Å². The molecule has 1 N–H and O–H groups in total. The number of hydrogen-bond donors (Lipinski definition) is 1. The van der Waals surface area contributed by atoms with Gasteiger partial charge >= 0.3 is 5.97 Å². The molecule has 0 unspecified atom stereocenters. The van der Waals surface area contributed by atoms with E-state index in [0.717, 1.165) is 53.4 Å². The monoisotopic (exact) mass is 565 g/mol. The molecule has 1 aliphatic carbocycles. The molecule has 0 spiro atoms. The molecule has 198 valence electrons. The van der Waals surface area contributed by atoms with Crippen LogP contribution in [-0.4, -0.2) is 54.2 Å². The molecule has 0 saturated heterocycles. The number of aromatic nitrogens is 1. The standard InChI is InChI=1S/C25H28FN3O5S3/c1-3-34-24(32)22-16-6-4-5-7-18(16)36-23(22)27-20(30)13-35-14-21(31)28-25-29(10-11-33-2)17-9-8-15(26)12-19(17)37-25/h8-9,12H,3-7,10-11,13-14H2,1-2H3,(H,27,30). The third-order valence-corrected chi connectivity index (χ3v) is 8.91. The molecule has 12 heteroatoms. The number of methoxy groups -OCH3 is 1. The van der Waals surface area contributed by atoms with Crippen molar-refractivity contribution in [2.75, 3.05) is 37.1 Å². The van der Waals surface area contributed by atoms with E-state index in [1.807, 2.05) is 4.57 Å². The van der Waals surface area contributed by atoms with Gasteiger partial charge in [-0.05, 0) is 56.4 Å². The zero-order chi connectivity index (χ0) is 26.4. The highest BCUT2D eigenvalue weighted by atomic mass is 32.2. The van der Waals surface area contributed by atoms with Crippen molar-refractivity contribution in [2.45, 2.75) is 39.2 Å². The fraction of sp³-hybridized carbons (Fsp3) is 0.440. The van der Waals surface area contributed by atoms with E-state index in [0.29, 0.717) is 33.2 Å². The number of amides is 2. The number of rotatable bonds is 10. The Morgan fingerprint density at radius 2 is 2.00 bits per heavy atom. The Bertz CT molecular complexity index is 1380. The molecule has 0 bridgehead atoms. The van der Waals surface area contributed by atoms with Gasteiger partial charge in [-0.25, -0.2) is 9.18 Å². The number of nitrogens with zero attached hydrogens (tertiary/aromatic N) is 2. The van der Waals surface area contributed by atoms with Gasteiger partial charge in [0.2, 0.25) is 5.91 Å². The van der Waals surface area contributed by atoms with Crippen LogP contribution in [0, 0.1) is 5.82 Å². The van der Waals surface area contributed by atoms with Crippen LogP contribution in [0.15, 0.2) is 23.2 Å². The average molecular weight is 566 g/mol. The summed E-state index contributed by atoms with van der Waals surface area (Å²) in [6.07, 6.45) is 3.76. The molecule has 1 aromatic carbocycles. The Morgan fingerprint density at radius 3 is 2.78 bits per heavy atom. The number of thiazole rings is 1.